The highest BCUT2D eigenvalue weighted by Crippen LogP contribution is 2.13. The molecule has 3 rings (SSSR count). The number of nitrogens with zero attached hydrogens (tertiary/aromatic N) is 4. The molecule has 31 heavy (non-hydrogen) atoms. The van der Waals surface area contributed by atoms with Crippen LogP contribution in [-0.4, -0.2) is 63.5 Å². The average molecular weight is 445 g/mol. The van der Waals surface area contributed by atoms with Gasteiger partial charge in [-0.15, -0.1) is 0 Å². The number of benzene rings is 1. The molecule has 2 N–H and O–H groups in total. The molecule has 1 aliphatic heterocycles. The summed E-state index contributed by atoms with van der Waals surface area (Å²) >= 11 is 0. The third-order valence-corrected chi connectivity index (χ3v) is 6.55. The molecule has 1 aromatic carbocycles. The van der Waals surface area contributed by atoms with Crippen LogP contribution in [-0.2, 0) is 22.3 Å². The van der Waals surface area contributed by atoms with Crippen LogP contribution in [0.25, 0.3) is 0 Å². The highest BCUT2D eigenvalue weighted by atomic mass is 32.2. The Morgan fingerprint density at radius 2 is 1.74 bits per heavy atom. The highest BCUT2D eigenvalue weighted by Gasteiger charge is 2.20. The van der Waals surface area contributed by atoms with Crippen molar-refractivity contribution >= 4 is 21.8 Å². The number of nitrogens with one attached hydrogen (secondary N) is 2. The van der Waals surface area contributed by atoms with E-state index in [0.717, 1.165) is 49.1 Å². The fourth-order valence-corrected chi connectivity index (χ4v) is 5.01. The van der Waals surface area contributed by atoms with Crippen molar-refractivity contribution in [2.24, 2.45) is 4.99 Å². The number of guanidine groups is 1. The van der Waals surface area contributed by atoms with Crippen LogP contribution in [0, 0.1) is 0 Å². The fourth-order valence-electron chi connectivity index (χ4n) is 3.58. The second-order valence-electron chi connectivity index (χ2n) is 7.91. The van der Waals surface area contributed by atoms with Gasteiger partial charge >= 0.3 is 0 Å². The van der Waals surface area contributed by atoms with Gasteiger partial charge in [-0.3, -0.25) is 4.99 Å². The predicted octanol–water partition coefficient (Wildman–Crippen LogP) is 1.81. The Balaban J connectivity index is 1.50. The van der Waals surface area contributed by atoms with Crippen molar-refractivity contribution in [1.82, 2.24) is 19.9 Å². The number of aromatic nitrogens is 1. The minimum Gasteiger partial charge on any atom is -0.353 e. The van der Waals surface area contributed by atoms with E-state index >= 15 is 0 Å². The van der Waals surface area contributed by atoms with Gasteiger partial charge in [-0.2, -0.15) is 0 Å². The summed E-state index contributed by atoms with van der Waals surface area (Å²) < 4.78 is 26.8. The molecule has 0 unspecified atom stereocenters. The summed E-state index contributed by atoms with van der Waals surface area (Å²) in [6.07, 6.45) is 1.82. The summed E-state index contributed by atoms with van der Waals surface area (Å²) in [6.45, 7) is 7.79. The largest absolute Gasteiger partial charge is 0.353 e. The first-order valence-electron chi connectivity index (χ1n) is 10.6. The van der Waals surface area contributed by atoms with Gasteiger partial charge in [0, 0.05) is 52.0 Å². The third kappa shape index (κ3) is 6.93. The molecule has 1 fully saturated rings. The van der Waals surface area contributed by atoms with Crippen molar-refractivity contribution in [2.75, 3.05) is 38.1 Å². The van der Waals surface area contributed by atoms with Gasteiger partial charge in [0.05, 0.1) is 5.75 Å². The van der Waals surface area contributed by atoms with Gasteiger partial charge in [-0.05, 0) is 37.1 Å². The molecule has 9 heteroatoms. The van der Waals surface area contributed by atoms with E-state index in [2.05, 4.69) is 29.8 Å². The summed E-state index contributed by atoms with van der Waals surface area (Å²) in [5.41, 5.74) is 1.85. The van der Waals surface area contributed by atoms with Gasteiger partial charge < -0.3 is 15.1 Å². The Hall–Kier alpha value is -2.65. The van der Waals surface area contributed by atoms with E-state index < -0.39 is 10.0 Å². The first kappa shape index (κ1) is 23.0. The van der Waals surface area contributed by atoms with Gasteiger partial charge in [0.15, 0.2) is 5.96 Å². The molecule has 0 spiro atoms. The molecule has 2 heterocycles. The molecular weight excluding hydrogens is 412 g/mol. The maximum Gasteiger partial charge on any atom is 0.216 e. The van der Waals surface area contributed by atoms with E-state index in [9.17, 15) is 8.42 Å². The van der Waals surface area contributed by atoms with Crippen LogP contribution in [0.3, 0.4) is 0 Å². The Kier molecular flexibility index (Phi) is 7.86. The molecule has 168 valence electrons. The third-order valence-electron chi connectivity index (χ3n) is 5.01. The number of anilines is 1. The summed E-state index contributed by atoms with van der Waals surface area (Å²) in [7, 11) is -1.52. The van der Waals surface area contributed by atoms with Gasteiger partial charge in [-0.1, -0.05) is 30.3 Å². The van der Waals surface area contributed by atoms with Gasteiger partial charge in [0.25, 0.3) is 0 Å². The lowest BCUT2D eigenvalue weighted by Crippen LogP contribution is -2.52. The van der Waals surface area contributed by atoms with E-state index in [1.165, 1.54) is 0 Å². The number of pyridine rings is 1. The Morgan fingerprint density at radius 3 is 2.32 bits per heavy atom. The second kappa shape index (κ2) is 10.6. The number of hydrogen-bond acceptors (Lipinski definition) is 5. The average Bonchev–Trinajstić information content (AvgIpc) is 2.75. The molecule has 8 nitrogen and oxygen atoms in total. The van der Waals surface area contributed by atoms with Gasteiger partial charge in [0.1, 0.15) is 5.82 Å². The lowest BCUT2D eigenvalue weighted by Gasteiger charge is -2.37. The molecule has 0 radical (unpaired) electrons. The number of hydrogen-bond donors (Lipinski definition) is 2. The van der Waals surface area contributed by atoms with E-state index in [1.807, 2.05) is 62.5 Å². The number of rotatable bonds is 7. The summed E-state index contributed by atoms with van der Waals surface area (Å²) in [5.74, 6) is 1.87. The fraction of sp³-hybridized carbons (Fsp3) is 0.455. The van der Waals surface area contributed by atoms with Crippen molar-refractivity contribution in [2.45, 2.75) is 32.2 Å². The molecule has 0 saturated carbocycles. The number of aliphatic imine (C=N–C) groups is 1. The van der Waals surface area contributed by atoms with Crippen molar-refractivity contribution in [3.63, 3.8) is 0 Å². The second-order valence-corrected chi connectivity index (χ2v) is 9.66. The van der Waals surface area contributed by atoms with Crippen LogP contribution in [0.4, 0.5) is 5.82 Å². The topological polar surface area (TPSA) is 89.9 Å². The Bertz CT molecular complexity index is 953. The van der Waals surface area contributed by atoms with Crippen LogP contribution in [0.5, 0.6) is 0 Å². The SMILES string of the molecule is CN=C(NCc1ccc(CS(=O)(=O)NC(C)C)cc1)N1CCN(c2ccccn2)CC1. The first-order valence-corrected chi connectivity index (χ1v) is 12.2. The van der Waals surface area contributed by atoms with Crippen molar-refractivity contribution in [1.29, 1.82) is 0 Å². The highest BCUT2D eigenvalue weighted by molar-refractivity contribution is 7.88. The zero-order valence-corrected chi connectivity index (χ0v) is 19.3. The quantitative estimate of drug-likeness (QED) is 0.500. The molecule has 2 aromatic rings. The molecule has 0 amide bonds. The Labute approximate surface area is 185 Å². The van der Waals surface area contributed by atoms with E-state index in [-0.39, 0.29) is 11.8 Å². The maximum absolute atomic E-state index is 12.1. The minimum absolute atomic E-state index is 0.0128. The van der Waals surface area contributed by atoms with E-state index in [1.54, 1.807) is 7.05 Å². The normalized spacial score (nSPS) is 15.4. The van der Waals surface area contributed by atoms with Crippen LogP contribution in [0.15, 0.2) is 53.7 Å². The zero-order chi connectivity index (χ0) is 22.3. The van der Waals surface area contributed by atoms with Crippen molar-refractivity contribution in [3.05, 3.63) is 59.8 Å². The number of piperazine rings is 1. The summed E-state index contributed by atoms with van der Waals surface area (Å²) in [4.78, 5) is 13.4. The Morgan fingerprint density at radius 1 is 1.06 bits per heavy atom. The van der Waals surface area contributed by atoms with E-state index in [4.69, 9.17) is 0 Å². The van der Waals surface area contributed by atoms with Crippen LogP contribution in [0.2, 0.25) is 0 Å². The van der Waals surface area contributed by atoms with Gasteiger partial charge in [-0.25, -0.2) is 18.1 Å². The molecule has 1 aromatic heterocycles. The van der Waals surface area contributed by atoms with E-state index in [0.29, 0.717) is 6.54 Å². The predicted molar refractivity (Wildman–Crippen MR) is 126 cm³/mol. The van der Waals surface area contributed by atoms with Crippen LogP contribution in [0.1, 0.15) is 25.0 Å². The van der Waals surface area contributed by atoms with Crippen molar-refractivity contribution < 1.29 is 8.42 Å². The first-order chi connectivity index (χ1) is 14.9. The summed E-state index contributed by atoms with van der Waals surface area (Å²) in [5, 5.41) is 3.42. The summed E-state index contributed by atoms with van der Waals surface area (Å²) in [6, 6.07) is 13.5. The standard InChI is InChI=1S/C22H32N6O2S/c1-18(2)26-31(29,30)17-20-9-7-19(8-10-20)16-25-22(23-3)28-14-12-27(13-15-28)21-6-4-5-11-24-21/h4-11,18,26H,12-17H2,1-3H3,(H,23,25). The monoisotopic (exact) mass is 444 g/mol. The smallest absolute Gasteiger partial charge is 0.216 e. The number of sulfonamides is 1. The molecule has 0 aliphatic carbocycles. The molecule has 0 bridgehead atoms. The molecule has 0 atom stereocenters. The lowest BCUT2D eigenvalue weighted by molar-refractivity contribution is 0.371. The molecule has 1 saturated heterocycles. The van der Waals surface area contributed by atoms with Crippen LogP contribution >= 0.6 is 0 Å². The molecule has 1 aliphatic rings. The van der Waals surface area contributed by atoms with Crippen LogP contribution < -0.4 is 14.9 Å². The zero-order valence-electron chi connectivity index (χ0n) is 18.5. The minimum atomic E-state index is -3.32. The van der Waals surface area contributed by atoms with Crippen molar-refractivity contribution in [3.8, 4) is 0 Å². The molecular formula is C22H32N6O2S. The van der Waals surface area contributed by atoms with Gasteiger partial charge in [0.2, 0.25) is 10.0 Å². The lowest BCUT2D eigenvalue weighted by atomic mass is 10.1. The maximum atomic E-state index is 12.1.